The maximum absolute atomic E-state index is 9.09. The lowest BCUT2D eigenvalue weighted by molar-refractivity contribution is 0.587. The van der Waals surface area contributed by atoms with Gasteiger partial charge in [0.05, 0.1) is 18.6 Å². The highest BCUT2D eigenvalue weighted by Crippen LogP contribution is 2.19. The molecule has 7 heteroatoms. The van der Waals surface area contributed by atoms with E-state index in [1.54, 1.807) is 22.5 Å². The summed E-state index contributed by atoms with van der Waals surface area (Å²) in [5.74, 6) is 0. The molecule has 0 bridgehead atoms. The smallest absolute Gasteiger partial charge is 0.176 e. The monoisotopic (exact) mass is 241 g/mol. The van der Waals surface area contributed by atoms with Crippen LogP contribution in [-0.2, 0) is 7.05 Å². The summed E-state index contributed by atoms with van der Waals surface area (Å²) in [6.45, 7) is 0.293. The molecule has 0 aliphatic carbocycles. The molecule has 7 nitrogen and oxygen atoms in total. The van der Waals surface area contributed by atoms with Gasteiger partial charge in [0.2, 0.25) is 0 Å². The molecule has 2 rings (SSSR count). The van der Waals surface area contributed by atoms with Crippen molar-refractivity contribution < 1.29 is 0 Å². The zero-order valence-electron chi connectivity index (χ0n) is 9.78. The Morgan fingerprint density at radius 2 is 2.22 bits per heavy atom. The number of nitriles is 2. The molecule has 0 radical (unpaired) electrons. The molecule has 1 unspecified atom stereocenters. The van der Waals surface area contributed by atoms with E-state index in [0.717, 1.165) is 5.56 Å². The Balaban J connectivity index is 2.50. The molecular formula is C11H11N7. The first kappa shape index (κ1) is 11.8. The standard InChI is InChI=1S/C11H11N7/c1-17-6-8(5-16-17)10(3-13)18-7-15-9(2-12)11(18)4-14/h5-7,10H,3,13H2,1H3. The second-order valence-electron chi connectivity index (χ2n) is 3.77. The molecule has 0 saturated carbocycles. The van der Waals surface area contributed by atoms with Crippen molar-refractivity contribution in [2.45, 2.75) is 6.04 Å². The van der Waals surface area contributed by atoms with Crippen molar-refractivity contribution in [3.05, 3.63) is 35.7 Å². The van der Waals surface area contributed by atoms with Crippen molar-refractivity contribution >= 4 is 0 Å². The van der Waals surface area contributed by atoms with Crippen molar-refractivity contribution in [1.82, 2.24) is 19.3 Å². The van der Waals surface area contributed by atoms with Crippen LogP contribution in [0.2, 0.25) is 0 Å². The SMILES string of the molecule is Cn1cc(C(CN)n2cnc(C#N)c2C#N)cn1. The van der Waals surface area contributed by atoms with Gasteiger partial charge in [-0.3, -0.25) is 4.68 Å². The van der Waals surface area contributed by atoms with E-state index in [1.165, 1.54) is 6.33 Å². The van der Waals surface area contributed by atoms with Gasteiger partial charge in [-0.15, -0.1) is 0 Å². The van der Waals surface area contributed by atoms with E-state index in [2.05, 4.69) is 10.1 Å². The van der Waals surface area contributed by atoms with Crippen LogP contribution >= 0.6 is 0 Å². The lowest BCUT2D eigenvalue weighted by atomic mass is 10.1. The predicted molar refractivity (Wildman–Crippen MR) is 62.1 cm³/mol. The maximum Gasteiger partial charge on any atom is 0.176 e. The van der Waals surface area contributed by atoms with E-state index < -0.39 is 0 Å². The van der Waals surface area contributed by atoms with Gasteiger partial charge < -0.3 is 10.3 Å². The van der Waals surface area contributed by atoms with Gasteiger partial charge in [0.1, 0.15) is 12.1 Å². The first-order valence-corrected chi connectivity index (χ1v) is 5.27. The molecule has 0 amide bonds. The lowest BCUT2D eigenvalue weighted by Gasteiger charge is -2.15. The zero-order chi connectivity index (χ0) is 13.1. The normalized spacial score (nSPS) is 11.8. The van der Waals surface area contributed by atoms with E-state index in [1.807, 2.05) is 18.3 Å². The average molecular weight is 241 g/mol. The van der Waals surface area contributed by atoms with Crippen LogP contribution in [0.5, 0.6) is 0 Å². The molecule has 2 heterocycles. The van der Waals surface area contributed by atoms with Crippen LogP contribution < -0.4 is 5.73 Å². The number of nitrogens with zero attached hydrogens (tertiary/aromatic N) is 6. The van der Waals surface area contributed by atoms with Gasteiger partial charge in [0.15, 0.2) is 11.4 Å². The Morgan fingerprint density at radius 1 is 1.44 bits per heavy atom. The molecule has 2 aromatic heterocycles. The Bertz CT molecular complexity index is 637. The molecule has 18 heavy (non-hydrogen) atoms. The molecule has 0 spiro atoms. The highest BCUT2D eigenvalue weighted by molar-refractivity contribution is 5.37. The first-order chi connectivity index (χ1) is 8.71. The third-order valence-electron chi connectivity index (χ3n) is 2.67. The fraction of sp³-hybridized carbons (Fsp3) is 0.273. The van der Waals surface area contributed by atoms with Crippen LogP contribution in [0.3, 0.4) is 0 Å². The maximum atomic E-state index is 9.09. The number of aromatic nitrogens is 4. The average Bonchev–Trinajstić information content (AvgIpc) is 2.97. The highest BCUT2D eigenvalue weighted by Gasteiger charge is 2.19. The topological polar surface area (TPSA) is 109 Å². The molecule has 90 valence electrons. The van der Waals surface area contributed by atoms with E-state index in [4.69, 9.17) is 16.3 Å². The minimum atomic E-state index is -0.247. The fourth-order valence-corrected chi connectivity index (χ4v) is 1.81. The van der Waals surface area contributed by atoms with Crippen LogP contribution in [0.4, 0.5) is 0 Å². The number of aryl methyl sites for hydroxylation is 1. The molecule has 0 fully saturated rings. The number of hydrogen-bond acceptors (Lipinski definition) is 5. The van der Waals surface area contributed by atoms with Crippen LogP contribution in [0.25, 0.3) is 0 Å². The minimum Gasteiger partial charge on any atom is -0.328 e. The Hall–Kier alpha value is -2.64. The van der Waals surface area contributed by atoms with Gasteiger partial charge >= 0.3 is 0 Å². The Kier molecular flexibility index (Phi) is 3.09. The Morgan fingerprint density at radius 3 is 2.72 bits per heavy atom. The van der Waals surface area contributed by atoms with Crippen molar-refractivity contribution in [2.24, 2.45) is 12.8 Å². The van der Waals surface area contributed by atoms with Gasteiger partial charge in [-0.1, -0.05) is 0 Å². The van der Waals surface area contributed by atoms with Crippen molar-refractivity contribution in [3.63, 3.8) is 0 Å². The first-order valence-electron chi connectivity index (χ1n) is 5.27. The number of nitrogens with two attached hydrogens (primary N) is 1. The molecule has 0 aliphatic rings. The van der Waals surface area contributed by atoms with Gasteiger partial charge in [-0.25, -0.2) is 4.98 Å². The number of rotatable bonds is 3. The van der Waals surface area contributed by atoms with Crippen LogP contribution in [-0.4, -0.2) is 25.9 Å². The van der Waals surface area contributed by atoms with Crippen LogP contribution in [0, 0.1) is 22.7 Å². The van der Waals surface area contributed by atoms with Gasteiger partial charge in [-0.2, -0.15) is 15.6 Å². The second kappa shape index (κ2) is 4.70. The van der Waals surface area contributed by atoms with Crippen molar-refractivity contribution in [1.29, 1.82) is 10.5 Å². The summed E-state index contributed by atoms with van der Waals surface area (Å²) in [4.78, 5) is 3.90. The van der Waals surface area contributed by atoms with Crippen molar-refractivity contribution in [3.8, 4) is 12.1 Å². The number of imidazole rings is 1. The Labute approximate surface area is 104 Å². The summed E-state index contributed by atoms with van der Waals surface area (Å²) >= 11 is 0. The quantitative estimate of drug-likeness (QED) is 0.807. The molecular weight excluding hydrogens is 230 g/mol. The van der Waals surface area contributed by atoms with Gasteiger partial charge in [-0.05, 0) is 0 Å². The molecule has 0 aliphatic heterocycles. The largest absolute Gasteiger partial charge is 0.328 e. The summed E-state index contributed by atoms with van der Waals surface area (Å²) in [5, 5.41) is 22.0. The summed E-state index contributed by atoms with van der Waals surface area (Å²) in [5.41, 5.74) is 6.95. The zero-order valence-corrected chi connectivity index (χ0v) is 9.78. The van der Waals surface area contributed by atoms with Gasteiger partial charge in [0, 0.05) is 25.4 Å². The molecule has 2 N–H and O–H groups in total. The summed E-state index contributed by atoms with van der Waals surface area (Å²) < 4.78 is 3.27. The third kappa shape index (κ3) is 1.83. The number of hydrogen-bond donors (Lipinski definition) is 1. The second-order valence-corrected chi connectivity index (χ2v) is 3.77. The van der Waals surface area contributed by atoms with E-state index >= 15 is 0 Å². The lowest BCUT2D eigenvalue weighted by Crippen LogP contribution is -2.20. The van der Waals surface area contributed by atoms with E-state index in [0.29, 0.717) is 6.54 Å². The summed E-state index contributed by atoms with van der Waals surface area (Å²) in [6.07, 6.45) is 4.97. The predicted octanol–water partition coefficient (Wildman–Crippen LogP) is -0.0919. The van der Waals surface area contributed by atoms with E-state index in [9.17, 15) is 0 Å². The molecule has 0 saturated heterocycles. The summed E-state index contributed by atoms with van der Waals surface area (Å²) in [6, 6.07) is 3.62. The third-order valence-corrected chi connectivity index (χ3v) is 2.67. The van der Waals surface area contributed by atoms with E-state index in [-0.39, 0.29) is 17.4 Å². The highest BCUT2D eigenvalue weighted by atomic mass is 15.2. The molecule has 1 atom stereocenters. The van der Waals surface area contributed by atoms with Gasteiger partial charge in [0.25, 0.3) is 0 Å². The summed E-state index contributed by atoms with van der Waals surface area (Å²) in [7, 11) is 1.80. The molecule has 2 aromatic rings. The molecule has 0 aromatic carbocycles. The minimum absolute atomic E-state index is 0.111. The van der Waals surface area contributed by atoms with Crippen LogP contribution in [0.15, 0.2) is 18.7 Å². The van der Waals surface area contributed by atoms with Crippen molar-refractivity contribution in [2.75, 3.05) is 6.54 Å². The van der Waals surface area contributed by atoms with Crippen LogP contribution in [0.1, 0.15) is 23.0 Å². The fourth-order valence-electron chi connectivity index (χ4n) is 1.81.